The molecule has 0 bridgehead atoms. The van der Waals surface area contributed by atoms with Gasteiger partial charge in [-0.25, -0.2) is 0 Å². The number of carboxylic acid groups (broad SMARTS) is 1. The molecule has 19 heavy (non-hydrogen) atoms. The Bertz CT molecular complexity index is 487. The van der Waals surface area contributed by atoms with Crippen LogP contribution >= 0.6 is 7.37 Å². The molecule has 0 fully saturated rings. The third-order valence-corrected chi connectivity index (χ3v) is 5.09. The summed E-state index contributed by atoms with van der Waals surface area (Å²) >= 11 is 0. The van der Waals surface area contributed by atoms with Gasteiger partial charge in [-0.3, -0.25) is 9.36 Å². The van der Waals surface area contributed by atoms with Gasteiger partial charge in [-0.2, -0.15) is 0 Å². The Kier molecular flexibility index (Phi) is 5.11. The van der Waals surface area contributed by atoms with Gasteiger partial charge in [0, 0.05) is 6.16 Å². The van der Waals surface area contributed by atoms with Crippen LogP contribution in [0.25, 0.3) is 0 Å². The molecule has 6 nitrogen and oxygen atoms in total. The number of carbonyl (C=O) groups is 1. The summed E-state index contributed by atoms with van der Waals surface area (Å²) in [6, 6.07) is 6.46. The van der Waals surface area contributed by atoms with Crippen LogP contribution < -0.4 is 10.5 Å². The molecule has 1 aromatic carbocycles. The fourth-order valence-electron chi connectivity index (χ4n) is 1.62. The smallest absolute Gasteiger partial charge is 0.306 e. The van der Waals surface area contributed by atoms with Crippen LogP contribution in [-0.2, 0) is 9.36 Å². The Labute approximate surface area is 111 Å². The number of methoxy groups -OCH3 is 1. The van der Waals surface area contributed by atoms with E-state index in [1.54, 1.807) is 24.3 Å². The topological polar surface area (TPSA) is 110 Å². The summed E-state index contributed by atoms with van der Waals surface area (Å²) in [6.07, 6.45) is -0.352. The second kappa shape index (κ2) is 6.19. The van der Waals surface area contributed by atoms with Crippen molar-refractivity contribution in [2.75, 3.05) is 13.3 Å². The fraction of sp³-hybridized carbons (Fsp3) is 0.417. The second-order valence-electron chi connectivity index (χ2n) is 4.40. The first-order valence-electron chi connectivity index (χ1n) is 5.71. The Hall–Kier alpha value is -1.36. The maximum absolute atomic E-state index is 12.1. The molecule has 0 aliphatic rings. The molecule has 0 aliphatic carbocycles. The Balaban J connectivity index is 2.87. The molecule has 0 aliphatic heterocycles. The Morgan fingerprint density at radius 2 is 1.95 bits per heavy atom. The summed E-state index contributed by atoms with van der Waals surface area (Å²) in [5, 5.41) is 8.78. The van der Waals surface area contributed by atoms with Gasteiger partial charge in [-0.1, -0.05) is 19.1 Å². The van der Waals surface area contributed by atoms with Crippen molar-refractivity contribution in [2.45, 2.75) is 12.7 Å². The summed E-state index contributed by atoms with van der Waals surface area (Å²) in [6.45, 7) is 1.38. The predicted octanol–water partition coefficient (Wildman–Crippen LogP) is 1.64. The third kappa shape index (κ3) is 4.06. The first-order chi connectivity index (χ1) is 8.77. The number of aliphatic carboxylic acids is 1. The molecule has 106 valence electrons. The van der Waals surface area contributed by atoms with Gasteiger partial charge in [-0.05, 0) is 17.7 Å². The van der Waals surface area contributed by atoms with Crippen LogP contribution in [0.2, 0.25) is 0 Å². The molecule has 4 N–H and O–H groups in total. The fourth-order valence-corrected chi connectivity index (χ4v) is 3.42. The molecular weight excluding hydrogens is 269 g/mol. The first kappa shape index (κ1) is 15.7. The highest BCUT2D eigenvalue weighted by Crippen LogP contribution is 2.53. The minimum absolute atomic E-state index is 0.352. The van der Waals surface area contributed by atoms with Gasteiger partial charge in [0.2, 0.25) is 7.37 Å². The summed E-state index contributed by atoms with van der Waals surface area (Å²) in [5.41, 5.74) is 6.24. The largest absolute Gasteiger partial charge is 0.497 e. The molecule has 0 aromatic heterocycles. The number of rotatable bonds is 6. The highest BCUT2D eigenvalue weighted by atomic mass is 31.2. The lowest BCUT2D eigenvalue weighted by molar-refractivity contribution is -0.140. The van der Waals surface area contributed by atoms with Crippen LogP contribution in [0.4, 0.5) is 0 Å². The van der Waals surface area contributed by atoms with E-state index in [0.717, 1.165) is 0 Å². The van der Waals surface area contributed by atoms with Crippen molar-refractivity contribution < 1.29 is 24.1 Å². The van der Waals surface area contributed by atoms with Crippen molar-refractivity contribution >= 4 is 13.3 Å². The summed E-state index contributed by atoms with van der Waals surface area (Å²) in [5.74, 6) is -2.51. The lowest BCUT2D eigenvalue weighted by Crippen LogP contribution is -2.20. The average Bonchev–Trinajstić information content (AvgIpc) is 2.37. The van der Waals surface area contributed by atoms with E-state index < -0.39 is 25.0 Å². The van der Waals surface area contributed by atoms with Gasteiger partial charge in [-0.15, -0.1) is 0 Å². The van der Waals surface area contributed by atoms with E-state index in [2.05, 4.69) is 0 Å². The molecule has 0 heterocycles. The van der Waals surface area contributed by atoms with Crippen molar-refractivity contribution in [1.82, 2.24) is 0 Å². The minimum Gasteiger partial charge on any atom is -0.497 e. The van der Waals surface area contributed by atoms with E-state index in [1.807, 2.05) is 0 Å². The summed E-state index contributed by atoms with van der Waals surface area (Å²) in [7, 11) is -2.27. The van der Waals surface area contributed by atoms with Gasteiger partial charge in [0.05, 0.1) is 13.0 Å². The number of nitrogens with two attached hydrogens (primary N) is 1. The zero-order chi connectivity index (χ0) is 14.6. The minimum atomic E-state index is -3.78. The Morgan fingerprint density at radius 3 is 2.37 bits per heavy atom. The van der Waals surface area contributed by atoms with Gasteiger partial charge >= 0.3 is 5.97 Å². The zero-order valence-electron chi connectivity index (χ0n) is 10.8. The summed E-state index contributed by atoms with van der Waals surface area (Å²) in [4.78, 5) is 20.6. The molecule has 0 amide bonds. The molecule has 0 spiro atoms. The number of hydrogen-bond acceptors (Lipinski definition) is 4. The van der Waals surface area contributed by atoms with Gasteiger partial charge in [0.25, 0.3) is 0 Å². The normalized spacial score (nSPS) is 17.3. The molecule has 0 radical (unpaired) electrons. The van der Waals surface area contributed by atoms with Crippen LogP contribution in [0.15, 0.2) is 24.3 Å². The van der Waals surface area contributed by atoms with Crippen LogP contribution in [0, 0.1) is 5.92 Å². The van der Waals surface area contributed by atoms with Crippen LogP contribution in [0.1, 0.15) is 18.3 Å². The number of ether oxygens (including phenoxy) is 1. The SMILES string of the molecule is COc1ccc(C(N)P(=O)(O)CC(C)C(=O)O)cc1. The number of carboxylic acids is 1. The summed E-state index contributed by atoms with van der Waals surface area (Å²) < 4.78 is 17.1. The van der Waals surface area contributed by atoms with Crippen molar-refractivity contribution in [3.8, 4) is 5.75 Å². The van der Waals surface area contributed by atoms with Gasteiger partial charge in [0.1, 0.15) is 11.5 Å². The highest BCUT2D eigenvalue weighted by Gasteiger charge is 2.33. The maximum Gasteiger partial charge on any atom is 0.306 e. The monoisotopic (exact) mass is 287 g/mol. The van der Waals surface area contributed by atoms with Gasteiger partial charge < -0.3 is 20.5 Å². The van der Waals surface area contributed by atoms with Crippen molar-refractivity contribution in [1.29, 1.82) is 0 Å². The van der Waals surface area contributed by atoms with Crippen LogP contribution in [-0.4, -0.2) is 29.2 Å². The van der Waals surface area contributed by atoms with E-state index in [-0.39, 0.29) is 6.16 Å². The maximum atomic E-state index is 12.1. The molecule has 3 unspecified atom stereocenters. The highest BCUT2D eigenvalue weighted by molar-refractivity contribution is 7.58. The van der Waals surface area contributed by atoms with E-state index in [0.29, 0.717) is 11.3 Å². The van der Waals surface area contributed by atoms with Crippen molar-refractivity contribution in [3.63, 3.8) is 0 Å². The molecular formula is C12H18NO5P. The van der Waals surface area contributed by atoms with E-state index >= 15 is 0 Å². The molecule has 0 saturated carbocycles. The molecule has 1 aromatic rings. The van der Waals surface area contributed by atoms with E-state index in [1.165, 1.54) is 14.0 Å². The quantitative estimate of drug-likeness (QED) is 0.686. The van der Waals surface area contributed by atoms with E-state index in [9.17, 15) is 14.3 Å². The van der Waals surface area contributed by atoms with Crippen LogP contribution in [0.5, 0.6) is 5.75 Å². The second-order valence-corrected chi connectivity index (χ2v) is 6.83. The number of hydrogen-bond donors (Lipinski definition) is 3. The lowest BCUT2D eigenvalue weighted by Gasteiger charge is -2.21. The molecule has 7 heteroatoms. The lowest BCUT2D eigenvalue weighted by atomic mass is 10.2. The molecule has 0 saturated heterocycles. The predicted molar refractivity (Wildman–Crippen MR) is 71.4 cm³/mol. The molecule has 3 atom stereocenters. The molecule has 1 rings (SSSR count). The number of benzene rings is 1. The van der Waals surface area contributed by atoms with Gasteiger partial charge in [0.15, 0.2) is 0 Å². The van der Waals surface area contributed by atoms with Crippen molar-refractivity contribution in [2.24, 2.45) is 11.7 Å². The third-order valence-electron chi connectivity index (χ3n) is 2.85. The zero-order valence-corrected chi connectivity index (χ0v) is 11.7. The average molecular weight is 287 g/mol. The van der Waals surface area contributed by atoms with Crippen LogP contribution in [0.3, 0.4) is 0 Å². The standard InChI is InChI=1S/C12H18NO5P/c1-8(12(14)15)7-19(16,17)11(13)9-3-5-10(18-2)6-4-9/h3-6,8,11H,7,13H2,1-2H3,(H,14,15)(H,16,17). The Morgan fingerprint density at radius 1 is 1.42 bits per heavy atom. The van der Waals surface area contributed by atoms with E-state index in [4.69, 9.17) is 15.6 Å². The first-order valence-corrected chi connectivity index (χ1v) is 7.63. The van der Waals surface area contributed by atoms with Crippen molar-refractivity contribution in [3.05, 3.63) is 29.8 Å².